The van der Waals surface area contributed by atoms with Crippen molar-refractivity contribution in [3.8, 4) is 0 Å². The highest BCUT2D eigenvalue weighted by atomic mass is 16.2. The zero-order chi connectivity index (χ0) is 15.5. The molecule has 2 fully saturated rings. The van der Waals surface area contributed by atoms with Crippen LogP contribution >= 0.6 is 0 Å². The van der Waals surface area contributed by atoms with Crippen LogP contribution in [-0.4, -0.2) is 50.7 Å². The molecule has 22 heavy (non-hydrogen) atoms. The normalized spacial score (nSPS) is 22.2. The molecule has 1 aromatic rings. The summed E-state index contributed by atoms with van der Waals surface area (Å²) in [4.78, 5) is 16.5. The molecule has 1 unspecified atom stereocenters. The molecule has 1 aliphatic heterocycles. The van der Waals surface area contributed by atoms with E-state index < -0.39 is 0 Å². The number of aromatic nitrogens is 2. The highest BCUT2D eigenvalue weighted by molar-refractivity contribution is 5.74. The summed E-state index contributed by atoms with van der Waals surface area (Å²) in [6.07, 6.45) is 10.1. The number of carbonyl (C=O) groups excluding carboxylic acids is 1. The predicted octanol–water partition coefficient (Wildman–Crippen LogP) is 2.27. The van der Waals surface area contributed by atoms with Crippen molar-refractivity contribution >= 4 is 5.91 Å². The smallest absolute Gasteiger partial charge is 0.219 e. The summed E-state index contributed by atoms with van der Waals surface area (Å²) in [5.41, 5.74) is 1.29. The van der Waals surface area contributed by atoms with Crippen molar-refractivity contribution in [2.45, 2.75) is 71.1 Å². The second-order valence-corrected chi connectivity index (χ2v) is 6.78. The van der Waals surface area contributed by atoms with Gasteiger partial charge in [0.15, 0.2) is 0 Å². The summed E-state index contributed by atoms with van der Waals surface area (Å²) in [5.74, 6) is 0.241. The maximum Gasteiger partial charge on any atom is 0.219 e. The van der Waals surface area contributed by atoms with Gasteiger partial charge < -0.3 is 4.90 Å². The van der Waals surface area contributed by atoms with Crippen LogP contribution in [0.15, 0.2) is 12.4 Å². The zero-order valence-corrected chi connectivity index (χ0v) is 13.9. The Morgan fingerprint density at radius 3 is 2.91 bits per heavy atom. The Labute approximate surface area is 133 Å². The lowest BCUT2D eigenvalue weighted by Gasteiger charge is -2.30. The summed E-state index contributed by atoms with van der Waals surface area (Å²) in [7, 11) is 0. The van der Waals surface area contributed by atoms with E-state index in [0.717, 1.165) is 32.6 Å². The third-order valence-electron chi connectivity index (χ3n) is 4.82. The molecule has 0 aromatic carbocycles. The zero-order valence-electron chi connectivity index (χ0n) is 13.9. The summed E-state index contributed by atoms with van der Waals surface area (Å²) >= 11 is 0. The summed E-state index contributed by atoms with van der Waals surface area (Å²) in [6, 6.07) is 1.03. The first-order chi connectivity index (χ1) is 10.7. The van der Waals surface area contributed by atoms with Crippen LogP contribution in [-0.2, 0) is 17.9 Å². The molecule has 2 aliphatic rings. The molecule has 1 saturated carbocycles. The van der Waals surface area contributed by atoms with Crippen LogP contribution in [0.5, 0.6) is 0 Å². The van der Waals surface area contributed by atoms with Gasteiger partial charge in [-0.25, -0.2) is 0 Å². The van der Waals surface area contributed by atoms with E-state index in [-0.39, 0.29) is 5.91 Å². The number of carbonyl (C=O) groups is 1. The Hall–Kier alpha value is -1.36. The molecule has 3 rings (SSSR count). The first-order valence-electron chi connectivity index (χ1n) is 8.70. The molecule has 0 spiro atoms. The van der Waals surface area contributed by atoms with E-state index in [4.69, 9.17) is 0 Å². The number of likely N-dealkylation sites (tertiary alicyclic amines) is 1. The van der Waals surface area contributed by atoms with Gasteiger partial charge in [0.1, 0.15) is 0 Å². The Balaban J connectivity index is 1.58. The second-order valence-electron chi connectivity index (χ2n) is 6.78. The van der Waals surface area contributed by atoms with Gasteiger partial charge >= 0.3 is 0 Å². The molecule has 1 amide bonds. The van der Waals surface area contributed by atoms with Crippen LogP contribution in [0, 0.1) is 0 Å². The van der Waals surface area contributed by atoms with Crippen molar-refractivity contribution in [2.75, 3.05) is 13.1 Å². The number of aryl methyl sites for hydroxylation is 1. The van der Waals surface area contributed by atoms with Crippen LogP contribution in [0.2, 0.25) is 0 Å². The molecular weight excluding hydrogens is 276 g/mol. The van der Waals surface area contributed by atoms with E-state index in [1.807, 2.05) is 10.9 Å². The molecule has 1 aliphatic carbocycles. The van der Waals surface area contributed by atoms with Gasteiger partial charge in [-0.3, -0.25) is 14.4 Å². The third-order valence-corrected chi connectivity index (χ3v) is 4.82. The molecule has 5 nitrogen and oxygen atoms in total. The largest absolute Gasteiger partial charge is 0.338 e. The summed E-state index contributed by atoms with van der Waals surface area (Å²) in [5, 5.41) is 4.43. The van der Waals surface area contributed by atoms with Crippen molar-refractivity contribution in [1.29, 1.82) is 0 Å². The van der Waals surface area contributed by atoms with Crippen LogP contribution in [0.3, 0.4) is 0 Å². The topological polar surface area (TPSA) is 41.4 Å². The maximum atomic E-state index is 11.8. The summed E-state index contributed by atoms with van der Waals surface area (Å²) < 4.78 is 2.03. The van der Waals surface area contributed by atoms with E-state index >= 15 is 0 Å². The number of rotatable bonds is 7. The van der Waals surface area contributed by atoms with Crippen molar-refractivity contribution in [2.24, 2.45) is 0 Å². The molecule has 1 atom stereocenters. The first-order valence-corrected chi connectivity index (χ1v) is 8.70. The predicted molar refractivity (Wildman–Crippen MR) is 86.4 cm³/mol. The lowest BCUT2D eigenvalue weighted by molar-refractivity contribution is -0.130. The fourth-order valence-corrected chi connectivity index (χ4v) is 3.53. The molecule has 0 radical (unpaired) electrons. The molecule has 2 heterocycles. The van der Waals surface area contributed by atoms with Crippen molar-refractivity contribution < 1.29 is 4.79 Å². The Morgan fingerprint density at radius 2 is 2.23 bits per heavy atom. The van der Waals surface area contributed by atoms with E-state index in [2.05, 4.69) is 28.0 Å². The molecule has 0 bridgehead atoms. The number of amides is 1. The number of hydrogen-bond acceptors (Lipinski definition) is 3. The second kappa shape index (κ2) is 6.82. The Bertz CT molecular complexity index is 509. The Morgan fingerprint density at radius 1 is 1.41 bits per heavy atom. The maximum absolute atomic E-state index is 11.8. The van der Waals surface area contributed by atoms with Crippen LogP contribution in [0.4, 0.5) is 0 Å². The van der Waals surface area contributed by atoms with Crippen LogP contribution < -0.4 is 0 Å². The monoisotopic (exact) mass is 304 g/mol. The first kappa shape index (κ1) is 15.5. The van der Waals surface area contributed by atoms with Gasteiger partial charge in [-0.2, -0.15) is 5.10 Å². The van der Waals surface area contributed by atoms with Gasteiger partial charge in [0.05, 0.1) is 6.20 Å². The van der Waals surface area contributed by atoms with E-state index in [1.54, 1.807) is 6.92 Å². The average molecular weight is 304 g/mol. The number of nitrogens with zero attached hydrogens (tertiary/aromatic N) is 4. The molecule has 1 saturated heterocycles. The van der Waals surface area contributed by atoms with Crippen LogP contribution in [0.1, 0.15) is 51.5 Å². The van der Waals surface area contributed by atoms with Gasteiger partial charge in [0.2, 0.25) is 5.91 Å². The van der Waals surface area contributed by atoms with Gasteiger partial charge in [0.25, 0.3) is 0 Å². The molecule has 122 valence electrons. The fraction of sp³-hybridized carbons (Fsp3) is 0.765. The lowest BCUT2D eigenvalue weighted by atomic mass is 10.2. The van der Waals surface area contributed by atoms with Gasteiger partial charge in [-0.1, -0.05) is 6.92 Å². The van der Waals surface area contributed by atoms with Gasteiger partial charge in [-0.05, 0) is 38.6 Å². The van der Waals surface area contributed by atoms with E-state index in [1.165, 1.54) is 31.2 Å². The quantitative estimate of drug-likeness (QED) is 0.776. The third kappa shape index (κ3) is 3.69. The minimum atomic E-state index is 0.241. The van der Waals surface area contributed by atoms with Gasteiger partial charge in [-0.15, -0.1) is 0 Å². The summed E-state index contributed by atoms with van der Waals surface area (Å²) in [6.45, 7) is 7.88. The van der Waals surface area contributed by atoms with Crippen molar-refractivity contribution in [1.82, 2.24) is 19.6 Å². The SMILES string of the molecule is CCCn1cc(CN2CCCC2CN(C(C)=O)C2CC2)cn1. The van der Waals surface area contributed by atoms with Crippen LogP contribution in [0.25, 0.3) is 0 Å². The minimum absolute atomic E-state index is 0.241. The number of hydrogen-bond donors (Lipinski definition) is 0. The fourth-order valence-electron chi connectivity index (χ4n) is 3.53. The standard InChI is InChI=1S/C17H28N4O/c1-3-8-20-12-15(10-18-20)11-19-9-4-5-17(19)13-21(14(2)22)16-6-7-16/h10,12,16-17H,3-9,11,13H2,1-2H3. The van der Waals surface area contributed by atoms with Gasteiger partial charge in [0, 0.05) is 50.4 Å². The molecular formula is C17H28N4O. The van der Waals surface area contributed by atoms with E-state index in [0.29, 0.717) is 12.1 Å². The lowest BCUT2D eigenvalue weighted by Crippen LogP contribution is -2.43. The molecule has 0 N–H and O–H groups in total. The highest BCUT2D eigenvalue weighted by Crippen LogP contribution is 2.29. The highest BCUT2D eigenvalue weighted by Gasteiger charge is 2.35. The van der Waals surface area contributed by atoms with Crippen molar-refractivity contribution in [3.63, 3.8) is 0 Å². The average Bonchev–Trinajstić information content (AvgIpc) is 3.07. The van der Waals surface area contributed by atoms with E-state index in [9.17, 15) is 4.79 Å². The molecule has 1 aromatic heterocycles. The Kier molecular flexibility index (Phi) is 4.81. The molecule has 5 heteroatoms. The van der Waals surface area contributed by atoms with Crippen molar-refractivity contribution in [3.05, 3.63) is 18.0 Å². The minimum Gasteiger partial charge on any atom is -0.338 e.